The Labute approximate surface area is 130 Å². The number of hydrogen-bond donors (Lipinski definition) is 0. The van der Waals surface area contributed by atoms with Gasteiger partial charge in [0, 0.05) is 18.8 Å². The van der Waals surface area contributed by atoms with E-state index in [1.54, 1.807) is 0 Å². The first-order chi connectivity index (χ1) is 10.2. The molecule has 3 rings (SSSR count). The molecular weight excluding hydrogens is 280 g/mol. The molecule has 0 aliphatic heterocycles. The van der Waals surface area contributed by atoms with Gasteiger partial charge in [-0.3, -0.25) is 0 Å². The maximum Gasteiger partial charge on any atom is 0.111 e. The van der Waals surface area contributed by atoms with Crippen molar-refractivity contribution in [1.82, 2.24) is 9.55 Å². The minimum Gasteiger partial charge on any atom is -0.323 e. The normalized spacial score (nSPS) is 11.2. The van der Waals surface area contributed by atoms with Crippen LogP contribution in [0, 0.1) is 13.8 Å². The minimum atomic E-state index is 0.593. The quantitative estimate of drug-likeness (QED) is 0.649. The van der Waals surface area contributed by atoms with Crippen LogP contribution >= 0.6 is 11.6 Å². The molecule has 0 spiro atoms. The average Bonchev–Trinajstić information content (AvgIpc) is 2.79. The summed E-state index contributed by atoms with van der Waals surface area (Å²) in [5, 5.41) is 0. The lowest BCUT2D eigenvalue weighted by Crippen LogP contribution is -2.06. The molecule has 108 valence electrons. The first-order valence-electron chi connectivity index (χ1n) is 7.24. The largest absolute Gasteiger partial charge is 0.323 e. The van der Waals surface area contributed by atoms with Gasteiger partial charge in [-0.05, 0) is 37.1 Å². The summed E-state index contributed by atoms with van der Waals surface area (Å²) in [5.74, 6) is 1.65. The van der Waals surface area contributed by atoms with E-state index in [1.165, 1.54) is 22.2 Å². The van der Waals surface area contributed by atoms with Gasteiger partial charge >= 0.3 is 0 Å². The topological polar surface area (TPSA) is 17.8 Å². The highest BCUT2D eigenvalue weighted by molar-refractivity contribution is 6.17. The second-order valence-corrected chi connectivity index (χ2v) is 5.91. The minimum absolute atomic E-state index is 0.593. The Kier molecular flexibility index (Phi) is 3.98. The molecule has 0 amide bonds. The molecule has 0 unspecified atom stereocenters. The summed E-state index contributed by atoms with van der Waals surface area (Å²) >= 11 is 5.94. The number of hydrogen-bond acceptors (Lipinski definition) is 1. The van der Waals surface area contributed by atoms with Crippen molar-refractivity contribution in [3.63, 3.8) is 0 Å². The maximum absolute atomic E-state index is 5.94. The van der Waals surface area contributed by atoms with Crippen molar-refractivity contribution < 1.29 is 0 Å². The molecule has 0 fully saturated rings. The average molecular weight is 299 g/mol. The number of nitrogens with zero attached hydrogens (tertiary/aromatic N) is 2. The van der Waals surface area contributed by atoms with Crippen molar-refractivity contribution >= 4 is 22.6 Å². The van der Waals surface area contributed by atoms with E-state index in [4.69, 9.17) is 16.6 Å². The van der Waals surface area contributed by atoms with Crippen molar-refractivity contribution in [2.75, 3.05) is 5.88 Å². The van der Waals surface area contributed by atoms with Gasteiger partial charge in [-0.15, -0.1) is 11.6 Å². The van der Waals surface area contributed by atoms with Crippen LogP contribution in [-0.4, -0.2) is 15.4 Å². The van der Waals surface area contributed by atoms with Crippen molar-refractivity contribution in [3.8, 4) is 0 Å². The van der Waals surface area contributed by atoms with Crippen molar-refractivity contribution in [1.29, 1.82) is 0 Å². The fourth-order valence-electron chi connectivity index (χ4n) is 2.62. The van der Waals surface area contributed by atoms with E-state index < -0.39 is 0 Å². The molecule has 1 heterocycles. The van der Waals surface area contributed by atoms with Crippen LogP contribution in [0.5, 0.6) is 0 Å². The molecule has 3 heteroatoms. The molecule has 0 bridgehead atoms. The molecule has 0 N–H and O–H groups in total. The van der Waals surface area contributed by atoms with Gasteiger partial charge in [0.05, 0.1) is 11.0 Å². The summed E-state index contributed by atoms with van der Waals surface area (Å²) in [6, 6.07) is 15.1. The number of fused-ring (bicyclic) bond motifs is 1. The van der Waals surface area contributed by atoms with Gasteiger partial charge in [-0.1, -0.05) is 35.9 Å². The Morgan fingerprint density at radius 2 is 1.71 bits per heavy atom. The number of alkyl halides is 1. The van der Waals surface area contributed by atoms with Gasteiger partial charge in [0.25, 0.3) is 0 Å². The third-order valence-electron chi connectivity index (χ3n) is 3.76. The molecule has 2 nitrogen and oxygen atoms in total. The Morgan fingerprint density at radius 3 is 2.43 bits per heavy atom. The van der Waals surface area contributed by atoms with Crippen LogP contribution in [-0.2, 0) is 13.0 Å². The van der Waals surface area contributed by atoms with Gasteiger partial charge in [-0.25, -0.2) is 4.98 Å². The summed E-state index contributed by atoms with van der Waals surface area (Å²) in [6.45, 7) is 5.05. The van der Waals surface area contributed by atoms with E-state index in [9.17, 15) is 0 Å². The predicted octanol–water partition coefficient (Wildman–Crippen LogP) is 4.48. The molecule has 0 atom stereocenters. The first-order valence-corrected chi connectivity index (χ1v) is 7.78. The smallest absolute Gasteiger partial charge is 0.111 e. The Morgan fingerprint density at radius 1 is 1.00 bits per heavy atom. The monoisotopic (exact) mass is 298 g/mol. The maximum atomic E-state index is 5.94. The fraction of sp³-hybridized carbons (Fsp3) is 0.278. The van der Waals surface area contributed by atoms with Crippen LogP contribution in [0.3, 0.4) is 0 Å². The first kappa shape index (κ1) is 14.2. The molecule has 3 aromatic rings. The number of imidazole rings is 1. The van der Waals surface area contributed by atoms with Gasteiger partial charge in [0.2, 0.25) is 0 Å². The van der Waals surface area contributed by atoms with Gasteiger partial charge in [-0.2, -0.15) is 0 Å². The second kappa shape index (κ2) is 5.90. The summed E-state index contributed by atoms with van der Waals surface area (Å²) < 4.78 is 2.28. The summed E-state index contributed by atoms with van der Waals surface area (Å²) in [6.07, 6.45) is 0.793. The van der Waals surface area contributed by atoms with Crippen molar-refractivity contribution in [2.24, 2.45) is 0 Å². The third-order valence-corrected chi connectivity index (χ3v) is 3.95. The number of halogens is 1. The number of aromatic nitrogens is 2. The Balaban J connectivity index is 2.06. The van der Waals surface area contributed by atoms with Crippen molar-refractivity contribution in [2.45, 2.75) is 26.8 Å². The summed E-state index contributed by atoms with van der Waals surface area (Å²) in [5.41, 5.74) is 6.05. The molecular formula is C18H19ClN2. The molecule has 0 aliphatic carbocycles. The molecule has 0 saturated heterocycles. The zero-order chi connectivity index (χ0) is 14.8. The SMILES string of the molecule is Cc1ccc(Cn2c(CCCl)nc3cc(C)ccc32)cc1. The van der Waals surface area contributed by atoms with E-state index in [-0.39, 0.29) is 0 Å². The van der Waals surface area contributed by atoms with E-state index in [0.717, 1.165) is 24.3 Å². The number of aryl methyl sites for hydroxylation is 3. The third kappa shape index (κ3) is 2.96. The van der Waals surface area contributed by atoms with Crippen LogP contribution in [0.25, 0.3) is 11.0 Å². The highest BCUT2D eigenvalue weighted by Gasteiger charge is 2.10. The van der Waals surface area contributed by atoms with E-state index in [2.05, 4.69) is 60.9 Å². The lowest BCUT2D eigenvalue weighted by atomic mass is 10.1. The number of rotatable bonds is 4. The fourth-order valence-corrected chi connectivity index (χ4v) is 2.79. The van der Waals surface area contributed by atoms with Crippen LogP contribution in [0.1, 0.15) is 22.5 Å². The van der Waals surface area contributed by atoms with Crippen molar-refractivity contribution in [3.05, 3.63) is 65.0 Å². The summed E-state index contributed by atoms with van der Waals surface area (Å²) in [4.78, 5) is 4.76. The second-order valence-electron chi connectivity index (χ2n) is 5.53. The van der Waals surface area contributed by atoms with Crippen LogP contribution in [0.15, 0.2) is 42.5 Å². The molecule has 0 radical (unpaired) electrons. The molecule has 0 aliphatic rings. The standard InChI is InChI=1S/C18H19ClN2/c1-13-3-6-15(7-4-13)12-21-17-8-5-14(2)11-16(17)20-18(21)9-10-19/h3-8,11H,9-10,12H2,1-2H3. The highest BCUT2D eigenvalue weighted by Crippen LogP contribution is 2.20. The van der Waals surface area contributed by atoms with E-state index in [0.29, 0.717) is 5.88 Å². The van der Waals surface area contributed by atoms with Crippen LogP contribution < -0.4 is 0 Å². The van der Waals surface area contributed by atoms with Crippen LogP contribution in [0.4, 0.5) is 0 Å². The Bertz CT molecular complexity index is 757. The lowest BCUT2D eigenvalue weighted by molar-refractivity contribution is 0.754. The van der Waals surface area contributed by atoms with Crippen LogP contribution in [0.2, 0.25) is 0 Å². The zero-order valence-corrected chi connectivity index (χ0v) is 13.2. The molecule has 1 aromatic heterocycles. The number of benzene rings is 2. The van der Waals surface area contributed by atoms with Gasteiger partial charge in [0.15, 0.2) is 0 Å². The molecule has 21 heavy (non-hydrogen) atoms. The highest BCUT2D eigenvalue weighted by atomic mass is 35.5. The predicted molar refractivity (Wildman–Crippen MR) is 89.2 cm³/mol. The molecule has 2 aromatic carbocycles. The Hall–Kier alpha value is -1.80. The summed E-state index contributed by atoms with van der Waals surface area (Å²) in [7, 11) is 0. The van der Waals surface area contributed by atoms with E-state index >= 15 is 0 Å². The lowest BCUT2D eigenvalue weighted by Gasteiger charge is -2.09. The zero-order valence-electron chi connectivity index (χ0n) is 12.4. The van der Waals surface area contributed by atoms with Gasteiger partial charge < -0.3 is 4.57 Å². The van der Waals surface area contributed by atoms with E-state index in [1.807, 2.05) is 0 Å². The molecule has 0 saturated carbocycles. The van der Waals surface area contributed by atoms with Gasteiger partial charge in [0.1, 0.15) is 5.82 Å².